The largest absolute Gasteiger partial charge is 0.395 e. The Morgan fingerprint density at radius 1 is 1.45 bits per heavy atom. The first-order chi connectivity index (χ1) is 9.69. The molecule has 0 atom stereocenters. The van der Waals surface area contributed by atoms with Crippen LogP contribution in [0.25, 0.3) is 0 Å². The van der Waals surface area contributed by atoms with Crippen LogP contribution in [0.15, 0.2) is 18.2 Å². The molecule has 0 spiro atoms. The zero-order chi connectivity index (χ0) is 14.5. The van der Waals surface area contributed by atoms with Crippen molar-refractivity contribution in [3.8, 4) is 0 Å². The highest BCUT2D eigenvalue weighted by Crippen LogP contribution is 2.38. The first kappa shape index (κ1) is 14.5. The van der Waals surface area contributed by atoms with Gasteiger partial charge in [0.15, 0.2) is 0 Å². The summed E-state index contributed by atoms with van der Waals surface area (Å²) in [6.07, 6.45) is 4.24. The number of nitrogens with two attached hydrogens (primary N) is 1. The predicted octanol–water partition coefficient (Wildman–Crippen LogP) is 1.62. The second kappa shape index (κ2) is 6.53. The third-order valence-corrected chi connectivity index (χ3v) is 3.77. The average Bonchev–Trinajstić information content (AvgIpc) is 2.97. The van der Waals surface area contributed by atoms with Crippen molar-refractivity contribution in [1.82, 2.24) is 0 Å². The van der Waals surface area contributed by atoms with Gasteiger partial charge < -0.3 is 15.4 Å². The summed E-state index contributed by atoms with van der Waals surface area (Å²) < 4.78 is 0. The Balaban J connectivity index is 2.43. The molecule has 1 saturated carbocycles. The second-order valence-corrected chi connectivity index (χ2v) is 4.93. The first-order valence-corrected chi connectivity index (χ1v) is 6.80. The maximum Gasteiger partial charge on any atom is 0.316 e. The molecule has 0 radical (unpaired) electrons. The van der Waals surface area contributed by atoms with E-state index in [0.717, 1.165) is 25.7 Å². The number of nitrogen functional groups attached to an aromatic ring is 1. The Morgan fingerprint density at radius 2 is 2.15 bits per heavy atom. The third kappa shape index (κ3) is 2.83. The molecule has 0 amide bonds. The summed E-state index contributed by atoms with van der Waals surface area (Å²) in [6.45, 7) is 0.355. The van der Waals surface area contributed by atoms with E-state index in [0.29, 0.717) is 12.2 Å². The lowest BCUT2D eigenvalue weighted by molar-refractivity contribution is -0.383. The van der Waals surface area contributed by atoms with Gasteiger partial charge in [-0.05, 0) is 25.0 Å². The van der Waals surface area contributed by atoms with Crippen molar-refractivity contribution in [2.75, 3.05) is 23.5 Å². The van der Waals surface area contributed by atoms with E-state index in [2.05, 4.69) is 5.43 Å². The number of nitrogens with one attached hydrogen (secondary N) is 1. The van der Waals surface area contributed by atoms with Gasteiger partial charge in [-0.2, -0.15) is 0 Å². The van der Waals surface area contributed by atoms with Gasteiger partial charge in [0.2, 0.25) is 0 Å². The molecule has 4 N–H and O–H groups in total. The molecule has 0 aromatic heterocycles. The Kier molecular flexibility index (Phi) is 4.75. The van der Waals surface area contributed by atoms with Crippen LogP contribution >= 0.6 is 0 Å². The van der Waals surface area contributed by atoms with Gasteiger partial charge in [0.1, 0.15) is 11.4 Å². The van der Waals surface area contributed by atoms with Gasteiger partial charge in [-0.1, -0.05) is 18.9 Å². The Bertz CT molecular complexity index is 475. The zero-order valence-electron chi connectivity index (χ0n) is 11.3. The number of rotatable bonds is 6. The number of nitrogens with zero attached hydrogens (tertiary/aromatic N) is 2. The van der Waals surface area contributed by atoms with E-state index in [4.69, 9.17) is 5.84 Å². The Labute approximate surface area is 117 Å². The fourth-order valence-electron chi connectivity index (χ4n) is 2.89. The van der Waals surface area contributed by atoms with E-state index in [-0.39, 0.29) is 24.0 Å². The first-order valence-electron chi connectivity index (χ1n) is 6.80. The molecule has 1 fully saturated rings. The molecule has 20 heavy (non-hydrogen) atoms. The molecule has 0 heterocycles. The van der Waals surface area contributed by atoms with Crippen molar-refractivity contribution >= 4 is 17.1 Å². The van der Waals surface area contributed by atoms with Crippen LogP contribution in [-0.2, 0) is 0 Å². The van der Waals surface area contributed by atoms with E-state index in [1.807, 2.05) is 4.90 Å². The molecule has 0 unspecified atom stereocenters. The van der Waals surface area contributed by atoms with E-state index in [1.54, 1.807) is 18.2 Å². The molecule has 0 aliphatic heterocycles. The van der Waals surface area contributed by atoms with Crippen LogP contribution in [0.3, 0.4) is 0 Å². The molecule has 1 aromatic carbocycles. The lowest BCUT2D eigenvalue weighted by Gasteiger charge is -2.30. The molecular weight excluding hydrogens is 260 g/mol. The van der Waals surface area contributed by atoms with Crippen LogP contribution < -0.4 is 16.2 Å². The molecule has 110 valence electrons. The minimum Gasteiger partial charge on any atom is -0.395 e. The quantitative estimate of drug-likeness (QED) is 0.415. The summed E-state index contributed by atoms with van der Waals surface area (Å²) in [5.41, 5.74) is 3.15. The number of nitro groups is 1. The van der Waals surface area contributed by atoms with Crippen LogP contribution in [0, 0.1) is 10.1 Å². The molecule has 1 aromatic rings. The van der Waals surface area contributed by atoms with Crippen LogP contribution in [0.4, 0.5) is 17.1 Å². The zero-order valence-corrected chi connectivity index (χ0v) is 11.3. The van der Waals surface area contributed by atoms with Crippen LogP contribution in [-0.4, -0.2) is 29.2 Å². The summed E-state index contributed by atoms with van der Waals surface area (Å²) in [4.78, 5) is 12.9. The minimum atomic E-state index is -0.427. The normalized spacial score (nSPS) is 15.3. The van der Waals surface area contributed by atoms with Crippen molar-refractivity contribution in [1.29, 1.82) is 0 Å². The number of hydrogen-bond donors (Lipinski definition) is 3. The number of aliphatic hydroxyl groups is 1. The number of benzene rings is 1. The van der Waals surface area contributed by atoms with Gasteiger partial charge in [-0.25, -0.2) is 0 Å². The Morgan fingerprint density at radius 3 is 2.70 bits per heavy atom. The van der Waals surface area contributed by atoms with Crippen molar-refractivity contribution in [3.63, 3.8) is 0 Å². The van der Waals surface area contributed by atoms with Crippen LogP contribution in [0.1, 0.15) is 25.7 Å². The Hall–Kier alpha value is -1.86. The van der Waals surface area contributed by atoms with Crippen molar-refractivity contribution in [2.24, 2.45) is 5.84 Å². The van der Waals surface area contributed by atoms with Gasteiger partial charge >= 0.3 is 5.69 Å². The maximum atomic E-state index is 11.3. The van der Waals surface area contributed by atoms with Crippen LogP contribution in [0.5, 0.6) is 0 Å². The van der Waals surface area contributed by atoms with Gasteiger partial charge in [0.25, 0.3) is 0 Å². The smallest absolute Gasteiger partial charge is 0.316 e. The molecule has 7 heteroatoms. The van der Waals surface area contributed by atoms with Gasteiger partial charge in [0, 0.05) is 12.6 Å². The molecule has 0 bridgehead atoms. The average molecular weight is 280 g/mol. The number of nitro benzene ring substituents is 1. The highest BCUT2D eigenvalue weighted by atomic mass is 16.6. The topological polar surface area (TPSA) is 105 Å². The molecule has 1 aliphatic carbocycles. The number of aliphatic hydroxyl groups excluding tert-OH is 1. The summed E-state index contributed by atoms with van der Waals surface area (Å²) in [6, 6.07) is 5.27. The van der Waals surface area contributed by atoms with E-state index in [1.165, 1.54) is 0 Å². The third-order valence-electron chi connectivity index (χ3n) is 3.77. The monoisotopic (exact) mass is 280 g/mol. The number of hydrogen-bond acceptors (Lipinski definition) is 6. The molecule has 0 saturated heterocycles. The molecule has 7 nitrogen and oxygen atoms in total. The number of hydrazine groups is 1. The minimum absolute atomic E-state index is 0.0321. The fraction of sp³-hybridized carbons (Fsp3) is 0.538. The fourth-order valence-corrected chi connectivity index (χ4v) is 2.89. The standard InChI is InChI=1S/C13H20N4O3/c14-15-11-6-3-7-12(13(11)17(19)20)16(8-9-18)10-4-1-2-5-10/h3,6-7,10,15,18H,1-2,4-5,8-9,14H2. The van der Waals surface area contributed by atoms with E-state index < -0.39 is 4.92 Å². The summed E-state index contributed by atoms with van der Waals surface area (Å²) in [5.74, 6) is 5.36. The second-order valence-electron chi connectivity index (χ2n) is 4.93. The van der Waals surface area contributed by atoms with Crippen LogP contribution in [0.2, 0.25) is 0 Å². The summed E-state index contributed by atoms with van der Waals surface area (Å²) in [5, 5.41) is 20.6. The molecular formula is C13H20N4O3. The molecule has 1 aliphatic rings. The SMILES string of the molecule is NNc1cccc(N(CCO)C2CCCC2)c1[N+](=O)[O-]. The summed E-state index contributed by atoms with van der Waals surface area (Å²) >= 11 is 0. The van der Waals surface area contributed by atoms with E-state index in [9.17, 15) is 15.2 Å². The highest BCUT2D eigenvalue weighted by molar-refractivity contribution is 5.77. The van der Waals surface area contributed by atoms with Gasteiger partial charge in [-0.3, -0.25) is 16.0 Å². The lowest BCUT2D eigenvalue weighted by atomic mass is 10.1. The van der Waals surface area contributed by atoms with Gasteiger partial charge in [-0.15, -0.1) is 0 Å². The van der Waals surface area contributed by atoms with E-state index >= 15 is 0 Å². The highest BCUT2D eigenvalue weighted by Gasteiger charge is 2.29. The number of anilines is 2. The summed E-state index contributed by atoms with van der Waals surface area (Å²) in [7, 11) is 0. The maximum absolute atomic E-state index is 11.3. The number of para-hydroxylation sites is 1. The van der Waals surface area contributed by atoms with Crippen molar-refractivity contribution in [2.45, 2.75) is 31.7 Å². The lowest BCUT2D eigenvalue weighted by Crippen LogP contribution is -2.36. The predicted molar refractivity (Wildman–Crippen MR) is 77.6 cm³/mol. The van der Waals surface area contributed by atoms with Crippen molar-refractivity contribution in [3.05, 3.63) is 28.3 Å². The van der Waals surface area contributed by atoms with Gasteiger partial charge in [0.05, 0.1) is 11.5 Å². The van der Waals surface area contributed by atoms with Crippen molar-refractivity contribution < 1.29 is 10.0 Å². The molecule has 2 rings (SSSR count).